The molecule has 36 heavy (non-hydrogen) atoms. The largest absolute Gasteiger partial charge is 0.507 e. The molecule has 1 aliphatic heterocycles. The summed E-state index contributed by atoms with van der Waals surface area (Å²) in [6.07, 6.45) is 0. The van der Waals surface area contributed by atoms with Gasteiger partial charge in [0.2, 0.25) is 0 Å². The molecule has 0 aromatic heterocycles. The Labute approximate surface area is 219 Å². The average Bonchev–Trinajstić information content (AvgIpc) is 3.13. The highest BCUT2D eigenvalue weighted by Crippen LogP contribution is 2.44. The van der Waals surface area contributed by atoms with Crippen molar-refractivity contribution in [2.24, 2.45) is 0 Å². The Morgan fingerprint density at radius 3 is 2.00 bits per heavy atom. The lowest BCUT2D eigenvalue weighted by molar-refractivity contribution is -0.132. The summed E-state index contributed by atoms with van der Waals surface area (Å²) in [5, 5.41) is 11.8. The van der Waals surface area contributed by atoms with Crippen molar-refractivity contribution in [2.75, 3.05) is 38.1 Å². The molecule has 1 fully saturated rings. The van der Waals surface area contributed by atoms with E-state index in [0.717, 1.165) is 5.69 Å². The van der Waals surface area contributed by atoms with Gasteiger partial charge in [0.25, 0.3) is 11.7 Å². The number of halogens is 2. The Hall–Kier alpha value is -3.68. The molecule has 1 unspecified atom stereocenters. The smallest absolute Gasteiger partial charge is 0.300 e. The van der Waals surface area contributed by atoms with Crippen LogP contribution < -0.4 is 19.3 Å². The first-order valence-corrected chi connectivity index (χ1v) is 11.7. The SMILES string of the molecule is COc1ccc(/C(O)=C2\C(=O)C(=O)N(c3ccc(OC)c(Cl)c3)C2c2ccc(N(C)C)cc2)cc1Cl. The van der Waals surface area contributed by atoms with E-state index in [4.69, 9.17) is 32.7 Å². The van der Waals surface area contributed by atoms with E-state index in [-0.39, 0.29) is 26.9 Å². The molecule has 0 spiro atoms. The summed E-state index contributed by atoms with van der Waals surface area (Å²) in [5.74, 6) is -1.12. The van der Waals surface area contributed by atoms with E-state index >= 15 is 0 Å². The van der Waals surface area contributed by atoms with Crippen LogP contribution in [-0.4, -0.2) is 45.1 Å². The van der Waals surface area contributed by atoms with E-state index in [2.05, 4.69) is 0 Å². The van der Waals surface area contributed by atoms with Gasteiger partial charge in [0.1, 0.15) is 17.3 Å². The van der Waals surface area contributed by atoms with Gasteiger partial charge in [0, 0.05) is 31.0 Å². The third-order valence-electron chi connectivity index (χ3n) is 6.01. The molecule has 1 atom stereocenters. The number of carbonyl (C=O) groups excluding carboxylic acids is 2. The maximum atomic E-state index is 13.3. The minimum absolute atomic E-state index is 0.0641. The standard InChI is InChI=1S/C27H24Cl2N2O5/c1-30(2)17-8-5-15(6-9-17)24-23(25(32)16-7-11-21(35-3)19(28)13-16)26(33)27(34)31(24)18-10-12-22(36-4)20(29)14-18/h5-14,24,32H,1-4H3/b25-23+. The summed E-state index contributed by atoms with van der Waals surface area (Å²) in [5.41, 5.74) is 2.17. The molecule has 1 aliphatic rings. The number of methoxy groups -OCH3 is 2. The van der Waals surface area contributed by atoms with Crippen LogP contribution in [0.25, 0.3) is 5.76 Å². The van der Waals surface area contributed by atoms with E-state index in [1.54, 1.807) is 30.3 Å². The fraction of sp³-hybridized carbons (Fsp3) is 0.185. The van der Waals surface area contributed by atoms with E-state index in [9.17, 15) is 14.7 Å². The molecule has 9 heteroatoms. The third-order valence-corrected chi connectivity index (χ3v) is 6.60. The third kappa shape index (κ3) is 4.47. The van der Waals surface area contributed by atoms with Crippen molar-refractivity contribution in [2.45, 2.75) is 6.04 Å². The van der Waals surface area contributed by atoms with Crippen molar-refractivity contribution < 1.29 is 24.2 Å². The second kappa shape index (κ2) is 10.1. The molecule has 3 aromatic rings. The number of aliphatic hydroxyl groups excluding tert-OH is 1. The quantitative estimate of drug-likeness (QED) is 0.252. The molecule has 186 valence electrons. The summed E-state index contributed by atoms with van der Waals surface area (Å²) >= 11 is 12.6. The lowest BCUT2D eigenvalue weighted by atomic mass is 9.95. The van der Waals surface area contributed by atoms with Crippen LogP contribution in [-0.2, 0) is 9.59 Å². The number of hydrogen-bond donors (Lipinski definition) is 1. The normalized spacial score (nSPS) is 16.8. The Bertz CT molecular complexity index is 1370. The van der Waals surface area contributed by atoms with Crippen LogP contribution in [0.4, 0.5) is 11.4 Å². The molecule has 1 heterocycles. The van der Waals surface area contributed by atoms with Crippen molar-refractivity contribution in [1.82, 2.24) is 0 Å². The molecule has 0 aliphatic carbocycles. The zero-order valence-electron chi connectivity index (χ0n) is 20.1. The van der Waals surface area contributed by atoms with Crippen molar-refractivity contribution in [1.29, 1.82) is 0 Å². The van der Waals surface area contributed by atoms with Crippen LogP contribution in [0.5, 0.6) is 11.5 Å². The highest BCUT2D eigenvalue weighted by Gasteiger charge is 2.47. The van der Waals surface area contributed by atoms with Crippen molar-refractivity contribution in [3.05, 3.63) is 87.4 Å². The topological polar surface area (TPSA) is 79.3 Å². The fourth-order valence-corrected chi connectivity index (χ4v) is 4.65. The summed E-state index contributed by atoms with van der Waals surface area (Å²) in [6.45, 7) is 0. The van der Waals surface area contributed by atoms with Crippen molar-refractivity contribution in [3.8, 4) is 11.5 Å². The van der Waals surface area contributed by atoms with Crippen LogP contribution in [0, 0.1) is 0 Å². The maximum absolute atomic E-state index is 13.3. The molecule has 0 bridgehead atoms. The van der Waals surface area contributed by atoms with E-state index < -0.39 is 17.7 Å². The Balaban J connectivity index is 1.93. The van der Waals surface area contributed by atoms with Crippen molar-refractivity contribution in [3.63, 3.8) is 0 Å². The van der Waals surface area contributed by atoms with Crippen LogP contribution in [0.3, 0.4) is 0 Å². The van der Waals surface area contributed by atoms with Gasteiger partial charge in [0.15, 0.2) is 0 Å². The van der Waals surface area contributed by atoms with Gasteiger partial charge in [-0.2, -0.15) is 0 Å². The van der Waals surface area contributed by atoms with Gasteiger partial charge in [-0.05, 0) is 54.1 Å². The van der Waals surface area contributed by atoms with Crippen LogP contribution in [0.1, 0.15) is 17.2 Å². The maximum Gasteiger partial charge on any atom is 0.300 e. The molecule has 0 saturated carbocycles. The molecule has 3 aromatic carbocycles. The van der Waals surface area contributed by atoms with Gasteiger partial charge < -0.3 is 19.5 Å². The second-order valence-corrected chi connectivity index (χ2v) is 9.14. The highest BCUT2D eigenvalue weighted by atomic mass is 35.5. The number of amides is 1. The van der Waals surface area contributed by atoms with Gasteiger partial charge in [-0.3, -0.25) is 14.5 Å². The molecule has 0 radical (unpaired) electrons. The first-order chi connectivity index (χ1) is 17.2. The summed E-state index contributed by atoms with van der Waals surface area (Å²) in [4.78, 5) is 30.0. The minimum Gasteiger partial charge on any atom is -0.507 e. The number of anilines is 2. The van der Waals surface area contributed by atoms with Crippen molar-refractivity contribution >= 4 is 52.0 Å². The predicted octanol–water partition coefficient (Wildman–Crippen LogP) is 5.70. The summed E-state index contributed by atoms with van der Waals surface area (Å²) in [6, 6.07) is 15.9. The number of carbonyl (C=O) groups is 2. The fourth-order valence-electron chi connectivity index (χ4n) is 4.14. The average molecular weight is 527 g/mol. The summed E-state index contributed by atoms with van der Waals surface area (Å²) < 4.78 is 10.4. The zero-order valence-corrected chi connectivity index (χ0v) is 21.6. The minimum atomic E-state index is -0.911. The number of rotatable bonds is 6. The van der Waals surface area contributed by atoms with E-state index in [1.807, 2.05) is 43.3 Å². The highest BCUT2D eigenvalue weighted by molar-refractivity contribution is 6.52. The summed E-state index contributed by atoms with van der Waals surface area (Å²) in [7, 11) is 6.78. The van der Waals surface area contributed by atoms with Crippen LogP contribution in [0.2, 0.25) is 10.0 Å². The number of Topliss-reactive ketones (excluding diaryl/α,β-unsaturated/α-hetero) is 1. The number of ether oxygens (including phenoxy) is 2. The molecular formula is C27H24Cl2N2O5. The van der Waals surface area contributed by atoms with E-state index in [1.165, 1.54) is 25.2 Å². The molecule has 1 saturated heterocycles. The van der Waals surface area contributed by atoms with E-state index in [0.29, 0.717) is 22.7 Å². The van der Waals surface area contributed by atoms with Gasteiger partial charge >= 0.3 is 0 Å². The molecule has 4 rings (SSSR count). The first-order valence-electron chi connectivity index (χ1n) is 10.9. The van der Waals surface area contributed by atoms with Gasteiger partial charge in [-0.25, -0.2) is 0 Å². The second-order valence-electron chi connectivity index (χ2n) is 8.32. The Kier molecular flexibility index (Phi) is 7.15. The van der Waals surface area contributed by atoms with Crippen LogP contribution in [0.15, 0.2) is 66.2 Å². The lowest BCUT2D eigenvalue weighted by Crippen LogP contribution is -2.29. The number of benzene rings is 3. The Morgan fingerprint density at radius 1 is 0.889 bits per heavy atom. The molecule has 1 amide bonds. The number of aliphatic hydroxyl groups is 1. The Morgan fingerprint density at radius 2 is 1.47 bits per heavy atom. The predicted molar refractivity (Wildman–Crippen MR) is 142 cm³/mol. The zero-order chi connectivity index (χ0) is 26.1. The first kappa shape index (κ1) is 25.4. The van der Waals surface area contributed by atoms with Gasteiger partial charge in [-0.15, -0.1) is 0 Å². The number of nitrogens with zero attached hydrogens (tertiary/aromatic N) is 2. The van der Waals surface area contributed by atoms with Crippen LogP contribution >= 0.6 is 23.2 Å². The van der Waals surface area contributed by atoms with Gasteiger partial charge in [-0.1, -0.05) is 35.3 Å². The lowest BCUT2D eigenvalue weighted by Gasteiger charge is -2.26. The molecular weight excluding hydrogens is 503 g/mol. The molecule has 1 N–H and O–H groups in total. The number of hydrogen-bond acceptors (Lipinski definition) is 6. The van der Waals surface area contributed by atoms with Gasteiger partial charge in [0.05, 0.1) is 35.9 Å². The monoisotopic (exact) mass is 526 g/mol. The molecule has 7 nitrogen and oxygen atoms in total. The number of ketones is 1.